The average molecular weight is 254 g/mol. The molecule has 0 N–H and O–H groups in total. The van der Waals surface area contributed by atoms with E-state index in [0.29, 0.717) is 12.0 Å². The Hall–Kier alpha value is -1.25. The van der Waals surface area contributed by atoms with Crippen LogP contribution in [-0.4, -0.2) is 5.78 Å². The molecule has 0 heterocycles. The van der Waals surface area contributed by atoms with E-state index in [1.54, 1.807) is 0 Å². The highest BCUT2D eigenvalue weighted by atomic mass is 19.1. The third-order valence-corrected chi connectivity index (χ3v) is 3.07. The van der Waals surface area contributed by atoms with E-state index in [1.807, 2.05) is 0 Å². The molecule has 0 saturated carbocycles. The van der Waals surface area contributed by atoms with E-state index in [1.165, 1.54) is 13.0 Å². The lowest BCUT2D eigenvalue weighted by Gasteiger charge is -2.06. The van der Waals surface area contributed by atoms with Gasteiger partial charge < -0.3 is 0 Å². The number of benzene rings is 1. The number of Topliss-reactive ketones (excluding diaryl/α,β-unsaturated/α-hetero) is 1. The molecule has 1 nitrogen and oxygen atoms in total. The minimum Gasteiger partial charge on any atom is -0.294 e. The van der Waals surface area contributed by atoms with Crippen molar-refractivity contribution in [1.29, 1.82) is 0 Å². The molecule has 0 amide bonds. The fourth-order valence-electron chi connectivity index (χ4n) is 1.93. The highest BCUT2D eigenvalue weighted by Gasteiger charge is 2.18. The summed E-state index contributed by atoms with van der Waals surface area (Å²) in [5.41, 5.74) is -0.0591. The summed E-state index contributed by atoms with van der Waals surface area (Å²) in [6, 6.07) is 2.51. The van der Waals surface area contributed by atoms with Gasteiger partial charge in [-0.05, 0) is 25.0 Å². The SMILES string of the molecule is CCCCCCCC(=O)c1c(F)ccc(C)c1F. The molecule has 0 aliphatic heterocycles. The number of ketones is 1. The van der Waals surface area contributed by atoms with E-state index in [2.05, 4.69) is 6.92 Å². The molecule has 0 unspecified atom stereocenters. The quantitative estimate of drug-likeness (QED) is 0.503. The summed E-state index contributed by atoms with van der Waals surface area (Å²) < 4.78 is 27.1. The molecular weight excluding hydrogens is 234 g/mol. The number of halogens is 2. The standard InChI is InChI=1S/C15H20F2O/c1-3-4-5-6-7-8-13(18)14-12(16)10-9-11(2)15(14)17/h9-10H,3-8H2,1-2H3. The molecule has 0 spiro atoms. The van der Waals surface area contributed by atoms with Crippen LogP contribution in [0.4, 0.5) is 8.78 Å². The molecule has 100 valence electrons. The van der Waals surface area contributed by atoms with E-state index in [4.69, 9.17) is 0 Å². The topological polar surface area (TPSA) is 17.1 Å². The second-order valence-electron chi connectivity index (χ2n) is 4.64. The van der Waals surface area contributed by atoms with Crippen LogP contribution in [0.15, 0.2) is 12.1 Å². The molecule has 0 aromatic heterocycles. The Kier molecular flexibility index (Phi) is 5.96. The van der Waals surface area contributed by atoms with Crippen molar-refractivity contribution in [3.05, 3.63) is 34.9 Å². The van der Waals surface area contributed by atoms with Crippen LogP contribution in [0.5, 0.6) is 0 Å². The number of hydrogen-bond donors (Lipinski definition) is 0. The molecule has 1 aromatic rings. The van der Waals surface area contributed by atoms with Crippen molar-refractivity contribution in [2.75, 3.05) is 0 Å². The zero-order valence-electron chi connectivity index (χ0n) is 11.1. The minimum atomic E-state index is -0.753. The first kappa shape index (κ1) is 14.8. The van der Waals surface area contributed by atoms with Gasteiger partial charge in [0.25, 0.3) is 0 Å². The molecule has 0 fully saturated rings. The Morgan fingerprint density at radius 1 is 1.11 bits per heavy atom. The normalized spacial score (nSPS) is 10.7. The molecule has 0 aliphatic carbocycles. The van der Waals surface area contributed by atoms with Crippen LogP contribution in [0.1, 0.15) is 61.4 Å². The fraction of sp³-hybridized carbons (Fsp3) is 0.533. The highest BCUT2D eigenvalue weighted by Crippen LogP contribution is 2.19. The van der Waals surface area contributed by atoms with Crippen LogP contribution in [0.25, 0.3) is 0 Å². The number of hydrogen-bond acceptors (Lipinski definition) is 1. The van der Waals surface area contributed by atoms with Crippen molar-refractivity contribution in [3.63, 3.8) is 0 Å². The maximum absolute atomic E-state index is 13.7. The molecule has 0 atom stereocenters. The summed E-state index contributed by atoms with van der Waals surface area (Å²) in [5, 5.41) is 0. The smallest absolute Gasteiger partial charge is 0.168 e. The third-order valence-electron chi connectivity index (χ3n) is 3.07. The van der Waals surface area contributed by atoms with E-state index in [9.17, 15) is 13.6 Å². The summed E-state index contributed by atoms with van der Waals surface area (Å²) in [6.45, 7) is 3.65. The number of carbonyl (C=O) groups excluding carboxylic acids is 1. The van der Waals surface area contributed by atoms with Gasteiger partial charge in [0.15, 0.2) is 5.78 Å². The van der Waals surface area contributed by atoms with Gasteiger partial charge in [0.05, 0.1) is 5.56 Å². The van der Waals surface area contributed by atoms with Gasteiger partial charge in [-0.1, -0.05) is 38.7 Å². The van der Waals surface area contributed by atoms with E-state index >= 15 is 0 Å². The average Bonchev–Trinajstić information content (AvgIpc) is 2.34. The summed E-state index contributed by atoms with van der Waals surface area (Å²) in [6.07, 6.45) is 5.21. The zero-order chi connectivity index (χ0) is 13.5. The van der Waals surface area contributed by atoms with Crippen LogP contribution in [-0.2, 0) is 0 Å². The second kappa shape index (κ2) is 7.24. The van der Waals surface area contributed by atoms with Gasteiger partial charge in [-0.25, -0.2) is 8.78 Å². The molecule has 18 heavy (non-hydrogen) atoms. The van der Waals surface area contributed by atoms with Crippen molar-refractivity contribution in [1.82, 2.24) is 0 Å². The van der Waals surface area contributed by atoms with Crippen LogP contribution in [0.3, 0.4) is 0 Å². The number of unbranched alkanes of at least 4 members (excludes halogenated alkanes) is 4. The molecule has 3 heteroatoms. The van der Waals surface area contributed by atoms with Gasteiger partial charge >= 0.3 is 0 Å². The molecule has 0 bridgehead atoms. The predicted octanol–water partition coefficient (Wildman–Crippen LogP) is 4.82. The maximum Gasteiger partial charge on any atom is 0.168 e. The predicted molar refractivity (Wildman–Crippen MR) is 68.8 cm³/mol. The Labute approximate surface area is 107 Å². The lowest BCUT2D eigenvalue weighted by atomic mass is 10.0. The fourth-order valence-corrected chi connectivity index (χ4v) is 1.93. The molecule has 1 rings (SSSR count). The zero-order valence-corrected chi connectivity index (χ0v) is 11.1. The van der Waals surface area contributed by atoms with Crippen LogP contribution in [0, 0.1) is 18.6 Å². The van der Waals surface area contributed by atoms with Crippen LogP contribution < -0.4 is 0 Å². The van der Waals surface area contributed by atoms with Gasteiger partial charge in [0, 0.05) is 6.42 Å². The van der Waals surface area contributed by atoms with Gasteiger partial charge in [-0.3, -0.25) is 4.79 Å². The summed E-state index contributed by atoms with van der Waals surface area (Å²) in [7, 11) is 0. The Morgan fingerprint density at radius 2 is 1.78 bits per heavy atom. The summed E-state index contributed by atoms with van der Waals surface area (Å²) >= 11 is 0. The molecule has 0 aliphatic rings. The maximum atomic E-state index is 13.7. The first-order valence-corrected chi connectivity index (χ1v) is 6.55. The molecular formula is C15H20F2O. The second-order valence-corrected chi connectivity index (χ2v) is 4.64. The van der Waals surface area contributed by atoms with Crippen molar-refractivity contribution in [3.8, 4) is 0 Å². The van der Waals surface area contributed by atoms with Gasteiger partial charge in [-0.2, -0.15) is 0 Å². The first-order chi connectivity index (χ1) is 8.57. The number of aryl methyl sites for hydroxylation is 1. The van der Waals surface area contributed by atoms with Crippen molar-refractivity contribution >= 4 is 5.78 Å². The van der Waals surface area contributed by atoms with Crippen LogP contribution >= 0.6 is 0 Å². The van der Waals surface area contributed by atoms with Gasteiger partial charge in [0.2, 0.25) is 0 Å². The lowest BCUT2D eigenvalue weighted by Crippen LogP contribution is -2.07. The van der Waals surface area contributed by atoms with Crippen LogP contribution in [0.2, 0.25) is 0 Å². The lowest BCUT2D eigenvalue weighted by molar-refractivity contribution is 0.0970. The number of carbonyl (C=O) groups is 1. The monoisotopic (exact) mass is 254 g/mol. The highest BCUT2D eigenvalue weighted by molar-refractivity contribution is 5.96. The van der Waals surface area contributed by atoms with Crippen molar-refractivity contribution in [2.45, 2.75) is 52.4 Å². The van der Waals surface area contributed by atoms with Crippen molar-refractivity contribution < 1.29 is 13.6 Å². The largest absolute Gasteiger partial charge is 0.294 e. The Balaban J connectivity index is 2.59. The van der Waals surface area contributed by atoms with E-state index in [0.717, 1.165) is 31.7 Å². The molecule has 1 aromatic carbocycles. The van der Waals surface area contributed by atoms with Crippen molar-refractivity contribution in [2.24, 2.45) is 0 Å². The molecule has 0 radical (unpaired) electrons. The van der Waals surface area contributed by atoms with E-state index in [-0.39, 0.29) is 12.0 Å². The Morgan fingerprint density at radius 3 is 2.44 bits per heavy atom. The van der Waals surface area contributed by atoms with E-state index < -0.39 is 17.4 Å². The third kappa shape index (κ3) is 3.90. The number of rotatable bonds is 7. The van der Waals surface area contributed by atoms with Gasteiger partial charge in [-0.15, -0.1) is 0 Å². The minimum absolute atomic E-state index is 0.223. The first-order valence-electron chi connectivity index (χ1n) is 6.55. The Bertz CT molecular complexity index is 413. The summed E-state index contributed by atoms with van der Waals surface area (Å²) in [5.74, 6) is -1.89. The summed E-state index contributed by atoms with van der Waals surface area (Å²) in [4.78, 5) is 11.8. The van der Waals surface area contributed by atoms with Gasteiger partial charge in [0.1, 0.15) is 11.6 Å². The molecule has 0 saturated heterocycles.